The fourth-order valence-corrected chi connectivity index (χ4v) is 8.07. The lowest BCUT2D eigenvalue weighted by Crippen LogP contribution is -2.52. The van der Waals surface area contributed by atoms with Gasteiger partial charge in [-0.05, 0) is 48.9 Å². The Hall–Kier alpha value is -5.49. The first-order valence-electron chi connectivity index (χ1n) is 20.5. The van der Waals surface area contributed by atoms with Crippen LogP contribution in [0.5, 0.6) is 0 Å². The Morgan fingerprint density at radius 2 is 1.69 bits per heavy atom. The Morgan fingerprint density at radius 1 is 0.898 bits per heavy atom. The molecule has 2 aromatic carbocycles. The summed E-state index contributed by atoms with van der Waals surface area (Å²) in [6.07, 6.45) is 3.84. The maximum Gasteiger partial charge on any atom is 0.270 e. The minimum absolute atomic E-state index is 0.0342. The number of β-amino-alcohol motifs (C(OH)–C–C–N with tert-alkyl or cyclic N) is 1. The van der Waals surface area contributed by atoms with Gasteiger partial charge < -0.3 is 40.3 Å². The number of likely N-dealkylation sites (tertiary alicyclic amines) is 1. The van der Waals surface area contributed by atoms with E-state index in [2.05, 4.69) is 54.3 Å². The molecule has 314 valence electrons. The molecule has 2 atom stereocenters. The monoisotopic (exact) mass is 811 g/mol. The summed E-state index contributed by atoms with van der Waals surface area (Å²) in [7, 11) is 0. The van der Waals surface area contributed by atoms with Crippen molar-refractivity contribution in [1.82, 2.24) is 35.3 Å². The molecule has 4 aliphatic rings. The van der Waals surface area contributed by atoms with Crippen molar-refractivity contribution in [3.05, 3.63) is 82.8 Å². The molecule has 1 unspecified atom stereocenters. The summed E-state index contributed by atoms with van der Waals surface area (Å²) in [5.41, 5.74) is 5.01. The fourth-order valence-electron chi connectivity index (χ4n) is 8.07. The van der Waals surface area contributed by atoms with Crippen molar-refractivity contribution in [2.24, 2.45) is 0 Å². The number of imide groups is 1. The molecule has 3 aromatic rings. The van der Waals surface area contributed by atoms with E-state index in [4.69, 9.17) is 9.47 Å². The van der Waals surface area contributed by atoms with Gasteiger partial charge in [0.2, 0.25) is 17.7 Å². The molecule has 5 amide bonds. The van der Waals surface area contributed by atoms with Crippen LogP contribution in [0.4, 0.5) is 11.5 Å². The number of nitrogens with zero attached hydrogens (tertiary/aromatic N) is 5. The van der Waals surface area contributed by atoms with Gasteiger partial charge in [-0.2, -0.15) is 0 Å². The molecule has 0 spiro atoms. The van der Waals surface area contributed by atoms with E-state index in [0.717, 1.165) is 43.6 Å². The summed E-state index contributed by atoms with van der Waals surface area (Å²) in [6, 6.07) is 14.8. The van der Waals surface area contributed by atoms with Crippen LogP contribution in [0.1, 0.15) is 69.6 Å². The quantitative estimate of drug-likeness (QED) is 0.0909. The molecule has 0 saturated carbocycles. The number of rotatable bonds is 18. The summed E-state index contributed by atoms with van der Waals surface area (Å²) >= 11 is 0. The van der Waals surface area contributed by atoms with Crippen molar-refractivity contribution in [1.29, 1.82) is 0 Å². The lowest BCUT2D eigenvalue weighted by Gasteiger charge is -2.32. The number of anilines is 2. The number of aromatic nitrogens is 2. The lowest BCUT2D eigenvalue weighted by atomic mass is 10.00. The molecule has 0 bridgehead atoms. The third kappa shape index (κ3) is 11.0. The van der Waals surface area contributed by atoms with Crippen LogP contribution in [0.15, 0.2) is 54.9 Å². The van der Waals surface area contributed by atoms with Gasteiger partial charge in [0.1, 0.15) is 23.9 Å². The summed E-state index contributed by atoms with van der Waals surface area (Å²) in [5, 5.41) is 22.4. The molecular formula is C42H53N9O8. The predicted octanol–water partition coefficient (Wildman–Crippen LogP) is 1.32. The number of benzene rings is 2. The van der Waals surface area contributed by atoms with Gasteiger partial charge in [-0.15, -0.1) is 0 Å². The molecule has 0 radical (unpaired) electrons. The highest BCUT2D eigenvalue weighted by Crippen LogP contribution is 2.32. The molecule has 59 heavy (non-hydrogen) atoms. The lowest BCUT2D eigenvalue weighted by molar-refractivity contribution is -0.137. The highest BCUT2D eigenvalue weighted by Gasteiger charge is 2.40. The smallest absolute Gasteiger partial charge is 0.270 e. The number of piperidine rings is 2. The van der Waals surface area contributed by atoms with E-state index in [-0.39, 0.29) is 54.8 Å². The number of ether oxygens (including phenoxy) is 2. The Labute approximate surface area is 343 Å². The van der Waals surface area contributed by atoms with Crippen LogP contribution < -0.4 is 21.3 Å². The number of carbonyl (C=O) groups excluding carboxylic acids is 5. The Kier molecular flexibility index (Phi) is 14.1. The Balaban J connectivity index is 0.726. The Morgan fingerprint density at radius 3 is 2.51 bits per heavy atom. The van der Waals surface area contributed by atoms with Crippen molar-refractivity contribution in [2.75, 3.05) is 76.3 Å². The second-order valence-electron chi connectivity index (χ2n) is 15.3. The number of hydrogen-bond donors (Lipinski definition) is 5. The zero-order valence-electron chi connectivity index (χ0n) is 33.2. The Bertz CT molecular complexity index is 1990. The number of amides is 5. The van der Waals surface area contributed by atoms with Crippen molar-refractivity contribution >= 4 is 41.0 Å². The fraction of sp³-hybridized carbons (Fsp3) is 0.500. The maximum atomic E-state index is 13.0. The van der Waals surface area contributed by atoms with E-state index in [0.29, 0.717) is 77.0 Å². The average molecular weight is 812 g/mol. The molecule has 5 N–H and O–H groups in total. The summed E-state index contributed by atoms with van der Waals surface area (Å²) in [5.74, 6) is -0.774. The van der Waals surface area contributed by atoms with Gasteiger partial charge >= 0.3 is 0 Å². The summed E-state index contributed by atoms with van der Waals surface area (Å²) in [6.45, 7) is 5.64. The summed E-state index contributed by atoms with van der Waals surface area (Å²) in [4.78, 5) is 76.7. The zero-order chi connectivity index (χ0) is 41.1. The van der Waals surface area contributed by atoms with E-state index in [1.807, 2.05) is 17.0 Å². The van der Waals surface area contributed by atoms with Crippen molar-refractivity contribution in [2.45, 2.75) is 69.8 Å². The SMILES string of the molecule is O=C1CCC(N2Cc3c(NCCOCCOCCC(=O)N4CCC(Nc5cc(C(=O)NC[C@H](O)CN6CCc7ccccc7C6)ncn5)CC4)cccc3C2=O)C(=O)N1. The van der Waals surface area contributed by atoms with Gasteiger partial charge in [0.25, 0.3) is 11.8 Å². The van der Waals surface area contributed by atoms with E-state index >= 15 is 0 Å². The molecule has 2 saturated heterocycles. The first-order valence-corrected chi connectivity index (χ1v) is 20.5. The summed E-state index contributed by atoms with van der Waals surface area (Å²) < 4.78 is 11.4. The number of hydrogen-bond acceptors (Lipinski definition) is 13. The van der Waals surface area contributed by atoms with Gasteiger partial charge in [-0.1, -0.05) is 30.3 Å². The minimum Gasteiger partial charge on any atom is -0.390 e. The van der Waals surface area contributed by atoms with Gasteiger partial charge in [0.15, 0.2) is 0 Å². The van der Waals surface area contributed by atoms with Crippen LogP contribution >= 0.6 is 0 Å². The van der Waals surface area contributed by atoms with Crippen molar-refractivity contribution in [3.63, 3.8) is 0 Å². The largest absolute Gasteiger partial charge is 0.390 e. The van der Waals surface area contributed by atoms with Crippen LogP contribution in [0.3, 0.4) is 0 Å². The highest BCUT2D eigenvalue weighted by atomic mass is 16.5. The molecule has 1 aromatic heterocycles. The molecule has 2 fully saturated rings. The topological polar surface area (TPSA) is 208 Å². The van der Waals surface area contributed by atoms with Gasteiger partial charge in [-0.3, -0.25) is 34.2 Å². The number of aliphatic hydroxyl groups excluding tert-OH is 1. The molecule has 4 aliphatic heterocycles. The molecular weight excluding hydrogens is 759 g/mol. The second kappa shape index (κ2) is 20.0. The second-order valence-corrected chi connectivity index (χ2v) is 15.3. The van der Waals surface area contributed by atoms with Crippen LogP contribution in [0.25, 0.3) is 0 Å². The van der Waals surface area contributed by atoms with Crippen LogP contribution in [0, 0.1) is 0 Å². The molecule has 17 heteroatoms. The first kappa shape index (κ1) is 41.7. The van der Waals surface area contributed by atoms with E-state index in [9.17, 15) is 29.1 Å². The van der Waals surface area contributed by atoms with Crippen LogP contribution in [0.2, 0.25) is 0 Å². The number of fused-ring (bicyclic) bond motifs is 2. The van der Waals surface area contributed by atoms with E-state index in [1.54, 1.807) is 18.2 Å². The zero-order valence-corrected chi connectivity index (χ0v) is 33.2. The van der Waals surface area contributed by atoms with Crippen molar-refractivity contribution < 1.29 is 38.6 Å². The van der Waals surface area contributed by atoms with E-state index < -0.39 is 18.1 Å². The van der Waals surface area contributed by atoms with Crippen LogP contribution in [-0.2, 0) is 43.4 Å². The minimum atomic E-state index is -0.709. The highest BCUT2D eigenvalue weighted by molar-refractivity contribution is 6.06. The standard InChI is InChI=1S/C42H53N9O8/c52-31(25-49-15-10-28-4-1-2-5-29(28)24-49)23-44-40(55)35-22-37(46-27-45-35)47-30-11-16-50(17-12-30)39(54)13-18-58-20-21-59-19-14-43-34-7-3-6-32-33(34)26-51(42(32)57)36-8-9-38(53)48-41(36)56/h1-7,22,27,30-31,36,43,52H,8-21,23-26H2,(H,44,55)(H,45,46,47)(H,48,53,56)/t31-,36?/m0/s1. The average Bonchev–Trinajstić information content (AvgIpc) is 3.58. The van der Waals surface area contributed by atoms with Crippen molar-refractivity contribution in [3.8, 4) is 0 Å². The normalized spacial score (nSPS) is 18.9. The number of nitrogens with one attached hydrogen (secondary N) is 4. The van der Waals surface area contributed by atoms with Gasteiger partial charge in [0, 0.05) is 87.7 Å². The number of aliphatic hydroxyl groups is 1. The van der Waals surface area contributed by atoms with Gasteiger partial charge in [0.05, 0.1) is 39.0 Å². The predicted molar refractivity (Wildman–Crippen MR) is 216 cm³/mol. The van der Waals surface area contributed by atoms with E-state index in [1.165, 1.54) is 22.4 Å². The molecule has 5 heterocycles. The third-order valence-corrected chi connectivity index (χ3v) is 11.3. The first-order chi connectivity index (χ1) is 28.7. The number of carbonyl (C=O) groups is 5. The molecule has 0 aliphatic carbocycles. The third-order valence-electron chi connectivity index (χ3n) is 11.3. The molecule has 7 rings (SSSR count). The maximum absolute atomic E-state index is 13.0. The van der Waals surface area contributed by atoms with Crippen LogP contribution in [-0.4, -0.2) is 143 Å². The van der Waals surface area contributed by atoms with Gasteiger partial charge in [-0.25, -0.2) is 9.97 Å². The molecule has 17 nitrogen and oxygen atoms in total.